The highest BCUT2D eigenvalue weighted by molar-refractivity contribution is 5.91. The van der Waals surface area contributed by atoms with Gasteiger partial charge in [-0.2, -0.15) is 5.26 Å². The van der Waals surface area contributed by atoms with Crippen LogP contribution < -0.4 is 10.1 Å². The van der Waals surface area contributed by atoms with E-state index in [1.54, 1.807) is 30.5 Å². The number of aliphatic imine (C=N–C) groups is 1. The number of amides is 2. The maximum Gasteiger partial charge on any atom is 0.303 e. The van der Waals surface area contributed by atoms with E-state index < -0.39 is 40.8 Å². The molecule has 2 aromatic rings. The summed E-state index contributed by atoms with van der Waals surface area (Å²) < 4.78 is 5.79. The fraction of sp³-hybridized carbons (Fsp3) is 0.400. The molecule has 2 aliphatic heterocycles. The quantitative estimate of drug-likeness (QED) is 0.311. The van der Waals surface area contributed by atoms with Crippen molar-refractivity contribution < 1.29 is 29.2 Å². The van der Waals surface area contributed by atoms with Gasteiger partial charge in [0.25, 0.3) is 6.04 Å². The normalized spacial score (nSPS) is 19.4. The summed E-state index contributed by atoms with van der Waals surface area (Å²) in [7, 11) is 0. The standard InChI is InChI=1S/C25H26N6O7/c26-12-16-2-1-9-30(16)25(35)21(29-22(32)6-8-24(33)34)10-15-13-27-20-5-4-18(11-19(15)20)38-23-7-3-17(14-28-23)31(36)37/h4-5,7,11,13-14,16-17,21,27H,1-3,6,8-10H2,(H,29,32)(H,33,34)/t16-,17?,21-/m0/s1. The van der Waals surface area contributed by atoms with Gasteiger partial charge < -0.3 is 25.0 Å². The SMILES string of the molecule is N#C[C@@H]1CCCN1C(=O)[C@H](Cc1c[nH]c2ccc(OC3=CCC([N+](=O)[O-])C=N3)cc12)NC(=O)CCC(=O)O. The molecular weight excluding hydrogens is 496 g/mol. The number of nitrogens with zero attached hydrogens (tertiary/aromatic N) is 4. The number of nitro groups is 1. The predicted molar refractivity (Wildman–Crippen MR) is 134 cm³/mol. The summed E-state index contributed by atoms with van der Waals surface area (Å²) in [5.41, 5.74) is 1.45. The largest absolute Gasteiger partial charge is 0.481 e. The Balaban J connectivity index is 1.54. The van der Waals surface area contributed by atoms with Gasteiger partial charge in [-0.15, -0.1) is 0 Å². The third kappa shape index (κ3) is 6.15. The van der Waals surface area contributed by atoms with Gasteiger partial charge in [0.05, 0.1) is 18.7 Å². The number of aromatic nitrogens is 1. The molecule has 1 fully saturated rings. The minimum atomic E-state index is -1.12. The van der Waals surface area contributed by atoms with Crippen molar-refractivity contribution in [1.82, 2.24) is 15.2 Å². The molecule has 4 rings (SSSR count). The second-order valence-electron chi connectivity index (χ2n) is 9.07. The van der Waals surface area contributed by atoms with Crippen LogP contribution in [0.1, 0.15) is 37.7 Å². The Morgan fingerprint density at radius 3 is 2.87 bits per heavy atom. The Morgan fingerprint density at radius 1 is 1.37 bits per heavy atom. The Hall–Kier alpha value is -4.73. The molecule has 1 saturated heterocycles. The van der Waals surface area contributed by atoms with Gasteiger partial charge in [-0.3, -0.25) is 24.5 Å². The molecule has 1 aromatic heterocycles. The number of nitrogens with one attached hydrogen (secondary N) is 2. The molecule has 0 spiro atoms. The number of aromatic amines is 1. The number of benzene rings is 1. The van der Waals surface area contributed by atoms with Crippen molar-refractivity contribution in [1.29, 1.82) is 5.26 Å². The van der Waals surface area contributed by atoms with Gasteiger partial charge in [-0.1, -0.05) is 0 Å². The molecule has 198 valence electrons. The average molecular weight is 523 g/mol. The number of H-pyrrole nitrogens is 1. The zero-order chi connectivity index (χ0) is 27.2. The third-order valence-corrected chi connectivity index (χ3v) is 6.45. The van der Waals surface area contributed by atoms with E-state index >= 15 is 0 Å². The van der Waals surface area contributed by atoms with Gasteiger partial charge in [0.15, 0.2) is 0 Å². The van der Waals surface area contributed by atoms with Gasteiger partial charge in [0.1, 0.15) is 17.8 Å². The van der Waals surface area contributed by atoms with Crippen LogP contribution in [0.25, 0.3) is 10.9 Å². The first-order valence-electron chi connectivity index (χ1n) is 12.1. The van der Waals surface area contributed by atoms with Crippen LogP contribution in [0, 0.1) is 21.4 Å². The average Bonchev–Trinajstić information content (AvgIpc) is 3.54. The van der Waals surface area contributed by atoms with Crippen molar-refractivity contribution in [3.05, 3.63) is 52.0 Å². The summed E-state index contributed by atoms with van der Waals surface area (Å²) >= 11 is 0. The smallest absolute Gasteiger partial charge is 0.303 e. The van der Waals surface area contributed by atoms with Crippen LogP contribution in [0.5, 0.6) is 5.75 Å². The van der Waals surface area contributed by atoms with E-state index in [9.17, 15) is 29.8 Å². The number of aliphatic carboxylic acids is 1. The molecule has 13 heteroatoms. The molecule has 2 aliphatic rings. The van der Waals surface area contributed by atoms with Crippen LogP contribution in [0.15, 0.2) is 41.3 Å². The summed E-state index contributed by atoms with van der Waals surface area (Å²) in [5.74, 6) is -1.44. The number of carbonyl (C=O) groups is 3. The number of fused-ring (bicyclic) bond motifs is 1. The molecular formula is C25H26N6O7. The van der Waals surface area contributed by atoms with E-state index in [-0.39, 0.29) is 31.6 Å². The van der Waals surface area contributed by atoms with Crippen LogP contribution >= 0.6 is 0 Å². The predicted octanol–water partition coefficient (Wildman–Crippen LogP) is 1.91. The topological polar surface area (TPSA) is 191 Å². The summed E-state index contributed by atoms with van der Waals surface area (Å²) in [6.45, 7) is 0.400. The van der Waals surface area contributed by atoms with Crippen molar-refractivity contribution >= 4 is 34.9 Å². The summed E-state index contributed by atoms with van der Waals surface area (Å²) in [5, 5.41) is 32.6. The second kappa shape index (κ2) is 11.5. The first-order valence-corrected chi connectivity index (χ1v) is 12.1. The summed E-state index contributed by atoms with van der Waals surface area (Å²) in [6, 6.07) is 4.86. The lowest BCUT2D eigenvalue weighted by Crippen LogP contribution is -2.50. The number of carboxylic acids is 1. The van der Waals surface area contributed by atoms with Gasteiger partial charge in [0, 0.05) is 47.8 Å². The second-order valence-corrected chi connectivity index (χ2v) is 9.07. The number of likely N-dealkylation sites (tertiary alicyclic amines) is 1. The molecule has 13 nitrogen and oxygen atoms in total. The molecule has 0 radical (unpaired) electrons. The monoisotopic (exact) mass is 522 g/mol. The highest BCUT2D eigenvalue weighted by Crippen LogP contribution is 2.27. The van der Waals surface area contributed by atoms with Crippen molar-refractivity contribution in [3.8, 4) is 11.8 Å². The van der Waals surface area contributed by atoms with E-state index in [0.29, 0.717) is 30.7 Å². The molecule has 3 N–H and O–H groups in total. The van der Waals surface area contributed by atoms with Gasteiger partial charge in [0.2, 0.25) is 17.7 Å². The number of ether oxygens (including phenoxy) is 1. The van der Waals surface area contributed by atoms with Crippen LogP contribution in [-0.2, 0) is 20.8 Å². The molecule has 0 saturated carbocycles. The van der Waals surface area contributed by atoms with Crippen molar-refractivity contribution in [2.75, 3.05) is 6.54 Å². The van der Waals surface area contributed by atoms with E-state index in [1.165, 1.54) is 11.1 Å². The highest BCUT2D eigenvalue weighted by atomic mass is 16.6. The third-order valence-electron chi connectivity index (χ3n) is 6.45. The molecule has 3 atom stereocenters. The van der Waals surface area contributed by atoms with Crippen LogP contribution in [0.4, 0.5) is 0 Å². The van der Waals surface area contributed by atoms with Gasteiger partial charge in [-0.05, 0) is 42.7 Å². The molecule has 2 amide bonds. The van der Waals surface area contributed by atoms with Crippen molar-refractivity contribution in [3.63, 3.8) is 0 Å². The van der Waals surface area contributed by atoms with E-state index in [0.717, 1.165) is 10.9 Å². The summed E-state index contributed by atoms with van der Waals surface area (Å²) in [4.78, 5) is 55.8. The first kappa shape index (κ1) is 26.3. The Bertz CT molecular complexity index is 1360. The molecule has 0 bridgehead atoms. The van der Waals surface area contributed by atoms with E-state index in [2.05, 4.69) is 21.4 Å². The summed E-state index contributed by atoms with van der Waals surface area (Å²) in [6.07, 6.45) is 5.32. The van der Waals surface area contributed by atoms with Crippen molar-refractivity contribution in [2.24, 2.45) is 4.99 Å². The lowest BCUT2D eigenvalue weighted by Gasteiger charge is -2.26. The number of hydrogen-bond acceptors (Lipinski definition) is 8. The number of carbonyl (C=O) groups excluding carboxylic acids is 2. The first-order chi connectivity index (χ1) is 18.2. The van der Waals surface area contributed by atoms with E-state index in [1.807, 2.05) is 0 Å². The molecule has 1 unspecified atom stereocenters. The Kier molecular flexibility index (Phi) is 8.00. The van der Waals surface area contributed by atoms with Gasteiger partial charge in [-0.25, -0.2) is 4.99 Å². The number of rotatable bonds is 10. The maximum atomic E-state index is 13.4. The fourth-order valence-corrected chi connectivity index (χ4v) is 4.49. The van der Waals surface area contributed by atoms with E-state index in [4.69, 9.17) is 9.84 Å². The highest BCUT2D eigenvalue weighted by Gasteiger charge is 2.34. The minimum absolute atomic E-state index is 0.0983. The minimum Gasteiger partial charge on any atom is -0.481 e. The Labute approximate surface area is 216 Å². The van der Waals surface area contributed by atoms with Crippen LogP contribution in [0.2, 0.25) is 0 Å². The van der Waals surface area contributed by atoms with Crippen LogP contribution in [0.3, 0.4) is 0 Å². The zero-order valence-corrected chi connectivity index (χ0v) is 20.3. The molecule has 38 heavy (non-hydrogen) atoms. The van der Waals surface area contributed by atoms with Crippen LogP contribution in [-0.4, -0.2) is 68.6 Å². The molecule has 0 aliphatic carbocycles. The lowest BCUT2D eigenvalue weighted by atomic mass is 10.0. The number of carboxylic acid groups (broad SMARTS) is 1. The Morgan fingerprint density at radius 2 is 2.18 bits per heavy atom. The molecule has 1 aromatic carbocycles. The number of nitriles is 1. The fourth-order valence-electron chi connectivity index (χ4n) is 4.49. The van der Waals surface area contributed by atoms with Crippen molar-refractivity contribution in [2.45, 2.75) is 56.7 Å². The number of hydrogen-bond donors (Lipinski definition) is 3. The lowest BCUT2D eigenvalue weighted by molar-refractivity contribution is -0.500. The zero-order valence-electron chi connectivity index (χ0n) is 20.3. The molecule has 3 heterocycles. The maximum absolute atomic E-state index is 13.4. The van der Waals surface area contributed by atoms with Gasteiger partial charge >= 0.3 is 5.97 Å².